The van der Waals surface area contributed by atoms with Crippen LogP contribution in [-0.4, -0.2) is 54.5 Å². The summed E-state index contributed by atoms with van der Waals surface area (Å²) >= 11 is 0. The minimum Gasteiger partial charge on any atom is -0.476 e. The second-order valence-corrected chi connectivity index (χ2v) is 9.13. The molecule has 6 nitrogen and oxygen atoms in total. The third kappa shape index (κ3) is 6.69. The zero-order chi connectivity index (χ0) is 18.9. The van der Waals surface area contributed by atoms with Crippen LogP contribution in [0.5, 0.6) is 0 Å². The molecule has 0 aromatic rings. The van der Waals surface area contributed by atoms with E-state index in [0.29, 0.717) is 6.42 Å². The monoisotopic (exact) mass is 366 g/mol. The van der Waals surface area contributed by atoms with Crippen molar-refractivity contribution in [2.75, 3.05) is 21.1 Å². The second kappa shape index (κ2) is 10.4. The van der Waals surface area contributed by atoms with Crippen LogP contribution in [0.25, 0.3) is 0 Å². The van der Waals surface area contributed by atoms with Crippen molar-refractivity contribution in [3.63, 3.8) is 0 Å². The summed E-state index contributed by atoms with van der Waals surface area (Å²) in [6.07, 6.45) is 10.7. The minimum absolute atomic E-state index is 0.0822. The van der Waals surface area contributed by atoms with Gasteiger partial charge in [-0.2, -0.15) is 8.42 Å². The molecule has 0 aromatic heterocycles. The molecule has 0 saturated carbocycles. The van der Waals surface area contributed by atoms with E-state index in [1.54, 1.807) is 0 Å². The van der Waals surface area contributed by atoms with Crippen molar-refractivity contribution in [2.45, 2.75) is 82.4 Å². The molecular formula is C17H36NO5S+. The van der Waals surface area contributed by atoms with Gasteiger partial charge in [0.2, 0.25) is 0 Å². The molecule has 0 rings (SSSR count). The van der Waals surface area contributed by atoms with Gasteiger partial charge < -0.3 is 9.59 Å². The maximum atomic E-state index is 11.8. The van der Waals surface area contributed by atoms with Crippen LogP contribution in [0, 0.1) is 0 Å². The van der Waals surface area contributed by atoms with Crippen molar-refractivity contribution < 1.29 is 27.4 Å². The summed E-state index contributed by atoms with van der Waals surface area (Å²) in [6.45, 7) is 2.19. The molecule has 144 valence electrons. The van der Waals surface area contributed by atoms with Crippen molar-refractivity contribution in [2.24, 2.45) is 0 Å². The van der Waals surface area contributed by atoms with Crippen molar-refractivity contribution in [1.82, 2.24) is 0 Å². The molecule has 7 heteroatoms. The largest absolute Gasteiger partial charge is 0.476 e. The quantitative estimate of drug-likeness (QED) is 0.278. The molecule has 0 fully saturated rings. The van der Waals surface area contributed by atoms with Gasteiger partial charge in [-0.3, -0.25) is 4.55 Å². The van der Waals surface area contributed by atoms with E-state index >= 15 is 0 Å². The highest BCUT2D eigenvalue weighted by atomic mass is 32.2. The number of hydrogen-bond donors (Lipinski definition) is 2. The van der Waals surface area contributed by atoms with Gasteiger partial charge in [-0.1, -0.05) is 64.7 Å². The Balaban J connectivity index is 4.35. The predicted octanol–water partition coefficient (Wildman–Crippen LogP) is 3.67. The van der Waals surface area contributed by atoms with Gasteiger partial charge in [0, 0.05) is 6.42 Å². The molecule has 0 aliphatic rings. The highest BCUT2D eigenvalue weighted by Crippen LogP contribution is 2.32. The minimum atomic E-state index is -4.72. The smallest absolute Gasteiger partial charge is 0.384 e. The summed E-state index contributed by atoms with van der Waals surface area (Å²) in [6, 6.07) is 0. The van der Waals surface area contributed by atoms with Crippen molar-refractivity contribution in [3.8, 4) is 0 Å². The van der Waals surface area contributed by atoms with Gasteiger partial charge in [0.25, 0.3) is 0 Å². The van der Waals surface area contributed by atoms with Gasteiger partial charge in [-0.15, -0.1) is 0 Å². The number of hydrogen-bond acceptors (Lipinski definition) is 3. The standard InChI is InChI=1S/C17H35NO5S/c1-5-6-7-8-9-10-11-12-13-14-15-17(16(19)20,18(2,3)4)24(21,22)23/h5-15H2,1-4H3,(H-,19,20,21,22,23)/p+1. The van der Waals surface area contributed by atoms with Crippen LogP contribution in [0.1, 0.15) is 77.6 Å². The van der Waals surface area contributed by atoms with E-state index in [-0.39, 0.29) is 10.9 Å². The molecule has 0 aromatic carbocycles. The SMILES string of the molecule is CCCCCCCCCCCCC(C(=O)O)([N+](C)(C)C)S(=O)(=O)O. The van der Waals surface area contributed by atoms with Crippen molar-refractivity contribution >= 4 is 16.1 Å². The van der Waals surface area contributed by atoms with Gasteiger partial charge in [0.05, 0.1) is 21.1 Å². The lowest BCUT2D eigenvalue weighted by Gasteiger charge is -2.40. The Morgan fingerprint density at radius 2 is 1.25 bits per heavy atom. The first-order valence-corrected chi connectivity index (χ1v) is 10.5. The molecule has 0 aliphatic carbocycles. The van der Waals surface area contributed by atoms with Crippen LogP contribution >= 0.6 is 0 Å². The maximum Gasteiger partial charge on any atom is 0.384 e. The number of rotatable bonds is 14. The third-order valence-corrected chi connectivity index (χ3v) is 6.49. The van der Waals surface area contributed by atoms with E-state index in [1.165, 1.54) is 59.7 Å². The molecule has 0 aliphatic heterocycles. The fraction of sp³-hybridized carbons (Fsp3) is 0.941. The van der Waals surface area contributed by atoms with E-state index in [0.717, 1.165) is 19.3 Å². The number of quaternary nitrogens is 1. The van der Waals surface area contributed by atoms with E-state index in [1.807, 2.05) is 0 Å². The summed E-state index contributed by atoms with van der Waals surface area (Å²) in [5.41, 5.74) is 0. The van der Waals surface area contributed by atoms with Gasteiger partial charge in [0.15, 0.2) is 0 Å². The number of likely N-dealkylation sites (N-methyl/N-ethyl adjacent to an activating group) is 1. The van der Waals surface area contributed by atoms with E-state index in [2.05, 4.69) is 6.92 Å². The fourth-order valence-electron chi connectivity index (χ4n) is 3.17. The molecule has 0 saturated heterocycles. The van der Waals surface area contributed by atoms with Gasteiger partial charge in [-0.25, -0.2) is 4.79 Å². The molecule has 0 heterocycles. The Morgan fingerprint density at radius 3 is 1.54 bits per heavy atom. The van der Waals surface area contributed by atoms with Crippen molar-refractivity contribution in [1.29, 1.82) is 0 Å². The predicted molar refractivity (Wildman–Crippen MR) is 96.4 cm³/mol. The zero-order valence-corrected chi connectivity index (χ0v) is 16.6. The van der Waals surface area contributed by atoms with E-state index in [4.69, 9.17) is 0 Å². The number of carboxylic acid groups (broad SMARTS) is 1. The summed E-state index contributed by atoms with van der Waals surface area (Å²) in [4.78, 5) is 9.45. The lowest BCUT2D eigenvalue weighted by molar-refractivity contribution is -0.899. The number of nitrogens with zero attached hydrogens (tertiary/aromatic N) is 1. The Hall–Kier alpha value is -0.660. The first-order valence-electron chi connectivity index (χ1n) is 9.02. The molecule has 2 N–H and O–H groups in total. The second-order valence-electron chi connectivity index (χ2n) is 7.51. The molecule has 0 spiro atoms. The summed E-state index contributed by atoms with van der Waals surface area (Å²) < 4.78 is 32.8. The first kappa shape index (κ1) is 23.3. The van der Waals surface area contributed by atoms with Gasteiger partial charge in [-0.05, 0) is 6.42 Å². The van der Waals surface area contributed by atoms with E-state index < -0.39 is 21.0 Å². The number of carboxylic acids is 1. The van der Waals surface area contributed by atoms with Crippen LogP contribution in [0.2, 0.25) is 0 Å². The first-order chi connectivity index (χ1) is 11.0. The highest BCUT2D eigenvalue weighted by molar-refractivity contribution is 7.87. The maximum absolute atomic E-state index is 11.8. The fourth-order valence-corrected chi connectivity index (χ4v) is 4.48. The average molecular weight is 367 g/mol. The molecule has 0 bridgehead atoms. The van der Waals surface area contributed by atoms with Crippen LogP contribution in [0.3, 0.4) is 0 Å². The highest BCUT2D eigenvalue weighted by Gasteiger charge is 2.61. The van der Waals surface area contributed by atoms with Crippen LogP contribution in [0.4, 0.5) is 0 Å². The van der Waals surface area contributed by atoms with E-state index in [9.17, 15) is 22.9 Å². The Labute approximate surface area is 147 Å². The lowest BCUT2D eigenvalue weighted by Crippen LogP contribution is -2.66. The molecule has 24 heavy (non-hydrogen) atoms. The molecule has 1 unspecified atom stereocenters. The number of unbranched alkanes of at least 4 members (excludes halogenated alkanes) is 9. The van der Waals surface area contributed by atoms with Gasteiger partial charge >= 0.3 is 21.0 Å². The molecular weight excluding hydrogens is 330 g/mol. The Morgan fingerprint density at radius 1 is 0.875 bits per heavy atom. The van der Waals surface area contributed by atoms with Crippen molar-refractivity contribution in [3.05, 3.63) is 0 Å². The average Bonchev–Trinajstić information content (AvgIpc) is 2.41. The lowest BCUT2D eigenvalue weighted by atomic mass is 10.0. The molecule has 0 radical (unpaired) electrons. The van der Waals surface area contributed by atoms with Crippen LogP contribution < -0.4 is 0 Å². The topological polar surface area (TPSA) is 91.7 Å². The Bertz CT molecular complexity index is 470. The third-order valence-electron chi connectivity index (χ3n) is 4.71. The van der Waals surface area contributed by atoms with Gasteiger partial charge in [0.1, 0.15) is 0 Å². The summed E-state index contributed by atoms with van der Waals surface area (Å²) in [5, 5.41) is 9.48. The normalized spacial score (nSPS) is 15.2. The molecule has 1 atom stereocenters. The molecule has 0 amide bonds. The Kier molecular flexibility index (Phi) is 10.1. The number of aliphatic carboxylic acids is 1. The summed E-state index contributed by atoms with van der Waals surface area (Å²) in [7, 11) is -0.268. The number of carbonyl (C=O) groups is 1. The zero-order valence-electron chi connectivity index (χ0n) is 15.8. The van der Waals surface area contributed by atoms with Crippen LogP contribution in [-0.2, 0) is 14.9 Å². The van der Waals surface area contributed by atoms with Crippen LogP contribution in [0.15, 0.2) is 0 Å². The summed E-state index contributed by atoms with van der Waals surface area (Å²) in [5.74, 6) is -1.49.